The van der Waals surface area contributed by atoms with E-state index in [9.17, 15) is 0 Å². The van der Waals surface area contributed by atoms with E-state index in [1.165, 1.54) is 12.1 Å². The second-order valence-corrected chi connectivity index (χ2v) is 4.82. The Morgan fingerprint density at radius 1 is 1.57 bits per heavy atom. The van der Waals surface area contributed by atoms with Crippen LogP contribution in [-0.2, 0) is 6.54 Å². The third kappa shape index (κ3) is 1.86. The summed E-state index contributed by atoms with van der Waals surface area (Å²) in [6.07, 6.45) is 1.27. The fourth-order valence-electron chi connectivity index (χ4n) is 1.97. The minimum Gasteiger partial charge on any atom is -0.316 e. The molecule has 0 bridgehead atoms. The van der Waals surface area contributed by atoms with Crippen molar-refractivity contribution in [1.29, 1.82) is 0 Å². The van der Waals surface area contributed by atoms with Gasteiger partial charge in [-0.05, 0) is 55.2 Å². The lowest BCUT2D eigenvalue weighted by Crippen LogP contribution is -2.16. The predicted octanol–water partition coefficient (Wildman–Crippen LogP) is 1.87. The van der Waals surface area contributed by atoms with Crippen LogP contribution in [0.1, 0.15) is 17.8 Å². The minimum atomic E-state index is 0.750. The van der Waals surface area contributed by atoms with Crippen molar-refractivity contribution in [2.24, 2.45) is 5.92 Å². The average molecular weight is 258 g/mol. The van der Waals surface area contributed by atoms with Crippen molar-refractivity contribution in [2.75, 3.05) is 13.1 Å². The van der Waals surface area contributed by atoms with Gasteiger partial charge < -0.3 is 5.32 Å². The van der Waals surface area contributed by atoms with Gasteiger partial charge in [-0.2, -0.15) is 5.10 Å². The van der Waals surface area contributed by atoms with Crippen molar-refractivity contribution in [2.45, 2.75) is 26.8 Å². The van der Waals surface area contributed by atoms with Crippen molar-refractivity contribution in [1.82, 2.24) is 15.1 Å². The molecule has 1 N–H and O–H groups in total. The smallest absolute Gasteiger partial charge is 0.0738 e. The minimum absolute atomic E-state index is 0.750. The molecule has 1 aliphatic heterocycles. The number of aryl methyl sites for hydroxylation is 1. The third-order valence-electron chi connectivity index (χ3n) is 2.89. The Morgan fingerprint density at radius 3 is 2.86 bits per heavy atom. The molecule has 0 aromatic carbocycles. The van der Waals surface area contributed by atoms with Crippen LogP contribution in [0.4, 0.5) is 0 Å². The Bertz CT molecular complexity index is 326. The van der Waals surface area contributed by atoms with E-state index in [0.29, 0.717) is 0 Å². The first kappa shape index (κ1) is 10.2. The van der Waals surface area contributed by atoms with Crippen LogP contribution in [0.2, 0.25) is 0 Å². The highest BCUT2D eigenvalue weighted by Crippen LogP contribution is 2.21. The molecule has 3 nitrogen and oxygen atoms in total. The topological polar surface area (TPSA) is 29.9 Å². The van der Waals surface area contributed by atoms with Gasteiger partial charge in [-0.25, -0.2) is 0 Å². The molecule has 2 rings (SSSR count). The molecule has 78 valence electrons. The van der Waals surface area contributed by atoms with E-state index in [-0.39, 0.29) is 0 Å². The van der Waals surface area contributed by atoms with Crippen LogP contribution in [0, 0.1) is 19.8 Å². The summed E-state index contributed by atoms with van der Waals surface area (Å²) in [5, 5.41) is 7.90. The fourth-order valence-corrected chi connectivity index (χ4v) is 2.25. The van der Waals surface area contributed by atoms with Gasteiger partial charge in [0.2, 0.25) is 0 Å². The normalized spacial score (nSPS) is 21.8. The van der Waals surface area contributed by atoms with Gasteiger partial charge in [0.05, 0.1) is 10.2 Å². The lowest BCUT2D eigenvalue weighted by Gasteiger charge is -2.09. The van der Waals surface area contributed by atoms with E-state index in [1.807, 2.05) is 6.92 Å². The van der Waals surface area contributed by atoms with Crippen LogP contribution in [0.15, 0.2) is 4.47 Å². The highest BCUT2D eigenvalue weighted by molar-refractivity contribution is 9.10. The molecular weight excluding hydrogens is 242 g/mol. The summed E-state index contributed by atoms with van der Waals surface area (Å²) in [5.41, 5.74) is 2.34. The van der Waals surface area contributed by atoms with Gasteiger partial charge in [0, 0.05) is 12.2 Å². The van der Waals surface area contributed by atoms with Crippen LogP contribution in [0.25, 0.3) is 0 Å². The first-order valence-corrected chi connectivity index (χ1v) is 5.88. The lowest BCUT2D eigenvalue weighted by molar-refractivity contribution is 0.441. The van der Waals surface area contributed by atoms with Gasteiger partial charge in [-0.1, -0.05) is 0 Å². The molecule has 0 saturated carbocycles. The van der Waals surface area contributed by atoms with E-state index in [2.05, 4.69) is 38.0 Å². The van der Waals surface area contributed by atoms with Crippen molar-refractivity contribution in [3.63, 3.8) is 0 Å². The summed E-state index contributed by atoms with van der Waals surface area (Å²) in [6.45, 7) is 7.50. The summed E-state index contributed by atoms with van der Waals surface area (Å²) >= 11 is 3.55. The van der Waals surface area contributed by atoms with Gasteiger partial charge in [-0.3, -0.25) is 4.68 Å². The molecule has 1 saturated heterocycles. The van der Waals surface area contributed by atoms with Crippen LogP contribution in [0.5, 0.6) is 0 Å². The first-order valence-electron chi connectivity index (χ1n) is 5.08. The predicted molar refractivity (Wildman–Crippen MR) is 60.4 cm³/mol. The second kappa shape index (κ2) is 4.03. The van der Waals surface area contributed by atoms with E-state index in [1.54, 1.807) is 0 Å². The molecule has 0 radical (unpaired) electrons. The average Bonchev–Trinajstić information content (AvgIpc) is 2.73. The molecule has 0 spiro atoms. The fraction of sp³-hybridized carbons (Fsp3) is 0.700. The second-order valence-electron chi connectivity index (χ2n) is 4.03. The highest BCUT2D eigenvalue weighted by Gasteiger charge is 2.17. The van der Waals surface area contributed by atoms with Crippen molar-refractivity contribution in [3.8, 4) is 0 Å². The van der Waals surface area contributed by atoms with Gasteiger partial charge in [0.1, 0.15) is 0 Å². The maximum atomic E-state index is 4.52. The monoisotopic (exact) mass is 257 g/mol. The molecule has 4 heteroatoms. The van der Waals surface area contributed by atoms with Gasteiger partial charge >= 0.3 is 0 Å². The quantitative estimate of drug-likeness (QED) is 0.877. The number of nitrogens with one attached hydrogen (secondary N) is 1. The summed E-state index contributed by atoms with van der Waals surface area (Å²) in [5.74, 6) is 0.750. The van der Waals surface area contributed by atoms with Crippen LogP contribution in [0.3, 0.4) is 0 Å². The third-order valence-corrected chi connectivity index (χ3v) is 4.03. The van der Waals surface area contributed by atoms with Crippen molar-refractivity contribution < 1.29 is 0 Å². The molecule has 14 heavy (non-hydrogen) atoms. The number of halogens is 1. The molecule has 0 aliphatic carbocycles. The Hall–Kier alpha value is -0.350. The standard InChI is InChI=1S/C10H16BrN3/c1-7-10(11)8(2)14(13-7)6-9-3-4-12-5-9/h9,12H,3-6H2,1-2H3. The molecule has 2 heterocycles. The van der Waals surface area contributed by atoms with E-state index < -0.39 is 0 Å². The molecule has 1 aromatic heterocycles. The van der Waals surface area contributed by atoms with Crippen LogP contribution < -0.4 is 5.32 Å². The Kier molecular flexibility index (Phi) is 2.93. The maximum absolute atomic E-state index is 4.52. The molecular formula is C10H16BrN3. The van der Waals surface area contributed by atoms with Gasteiger partial charge in [-0.15, -0.1) is 0 Å². The zero-order valence-corrected chi connectivity index (χ0v) is 10.3. The number of hydrogen-bond donors (Lipinski definition) is 1. The molecule has 1 atom stereocenters. The number of hydrogen-bond acceptors (Lipinski definition) is 2. The highest BCUT2D eigenvalue weighted by atomic mass is 79.9. The van der Waals surface area contributed by atoms with E-state index >= 15 is 0 Å². The SMILES string of the molecule is Cc1nn(CC2CCNC2)c(C)c1Br. The van der Waals surface area contributed by atoms with E-state index in [4.69, 9.17) is 0 Å². The summed E-state index contributed by atoms with van der Waals surface area (Å²) in [4.78, 5) is 0. The van der Waals surface area contributed by atoms with Crippen LogP contribution in [-0.4, -0.2) is 22.9 Å². The Labute approximate surface area is 93.0 Å². The summed E-state index contributed by atoms with van der Waals surface area (Å²) in [6, 6.07) is 0. The summed E-state index contributed by atoms with van der Waals surface area (Å²) in [7, 11) is 0. The molecule has 1 unspecified atom stereocenters. The molecule has 1 aliphatic rings. The zero-order valence-electron chi connectivity index (χ0n) is 8.68. The van der Waals surface area contributed by atoms with Crippen LogP contribution >= 0.6 is 15.9 Å². The number of nitrogens with zero attached hydrogens (tertiary/aromatic N) is 2. The Morgan fingerprint density at radius 2 is 2.36 bits per heavy atom. The maximum Gasteiger partial charge on any atom is 0.0738 e. The van der Waals surface area contributed by atoms with Gasteiger partial charge in [0.15, 0.2) is 0 Å². The first-order chi connectivity index (χ1) is 6.68. The Balaban J connectivity index is 2.12. The largest absolute Gasteiger partial charge is 0.316 e. The lowest BCUT2D eigenvalue weighted by atomic mass is 10.1. The molecule has 1 aromatic rings. The van der Waals surface area contributed by atoms with E-state index in [0.717, 1.165) is 35.7 Å². The number of rotatable bonds is 2. The molecule has 1 fully saturated rings. The summed E-state index contributed by atoms with van der Waals surface area (Å²) < 4.78 is 3.28. The molecule has 0 amide bonds. The number of aromatic nitrogens is 2. The zero-order chi connectivity index (χ0) is 10.1. The van der Waals surface area contributed by atoms with Gasteiger partial charge in [0.25, 0.3) is 0 Å². The van der Waals surface area contributed by atoms with Crippen molar-refractivity contribution in [3.05, 3.63) is 15.9 Å². The van der Waals surface area contributed by atoms with Crippen molar-refractivity contribution >= 4 is 15.9 Å².